The largest absolute Gasteiger partial charge is 0.483 e. The first-order chi connectivity index (χ1) is 15.9. The van der Waals surface area contributed by atoms with E-state index in [0.717, 1.165) is 0 Å². The van der Waals surface area contributed by atoms with Gasteiger partial charge in [0.25, 0.3) is 0 Å². The van der Waals surface area contributed by atoms with Gasteiger partial charge in [0, 0.05) is 0 Å². The quantitative estimate of drug-likeness (QED) is 0.0810. The van der Waals surface area contributed by atoms with E-state index >= 15 is 0 Å². The van der Waals surface area contributed by atoms with E-state index in [9.17, 15) is 9.13 Å². The SMILES string of the molecule is O=P(OCCOCCO)(OCCOCCO)OP(=O)(OCCOCCO)OCCOCCO. The van der Waals surface area contributed by atoms with Gasteiger partial charge in [-0.1, -0.05) is 0 Å². The van der Waals surface area contributed by atoms with Gasteiger partial charge in [-0.3, -0.25) is 18.1 Å². The van der Waals surface area contributed by atoms with Crippen LogP contribution in [0.4, 0.5) is 0 Å². The molecule has 0 spiro atoms. The van der Waals surface area contributed by atoms with Crippen LogP contribution in [-0.4, -0.2) is 126 Å². The van der Waals surface area contributed by atoms with Gasteiger partial charge in [-0.15, -0.1) is 0 Å². The van der Waals surface area contributed by atoms with Crippen LogP contribution in [0.1, 0.15) is 0 Å². The van der Waals surface area contributed by atoms with Crippen molar-refractivity contribution in [3.05, 3.63) is 0 Å². The number of rotatable bonds is 26. The molecule has 0 unspecified atom stereocenters. The minimum Gasteiger partial charge on any atom is -0.394 e. The third-order valence-corrected chi connectivity index (χ3v) is 6.65. The van der Waals surface area contributed by atoms with Crippen molar-refractivity contribution in [3.8, 4) is 0 Å². The lowest BCUT2D eigenvalue weighted by Gasteiger charge is -2.23. The molecular weight excluding hydrogens is 494 g/mol. The van der Waals surface area contributed by atoms with Crippen molar-refractivity contribution < 1.29 is 70.9 Å². The summed E-state index contributed by atoms with van der Waals surface area (Å²) in [4.78, 5) is 0. The summed E-state index contributed by atoms with van der Waals surface area (Å²) < 4.78 is 71.6. The van der Waals surface area contributed by atoms with E-state index in [2.05, 4.69) is 0 Å². The van der Waals surface area contributed by atoms with E-state index in [1.165, 1.54) is 0 Å². The molecule has 17 heteroatoms. The predicted octanol–water partition coefficient (Wildman–Crippen LogP) is -0.679. The maximum Gasteiger partial charge on any atom is 0.483 e. The standard InChI is InChI=1S/C16H36O15P2/c17-1-5-23-9-13-27-32(21,28-14-10-24-6-2-18)31-33(22,29-15-11-25-7-3-19)30-16-12-26-8-4-20/h17-20H,1-16H2. The molecule has 33 heavy (non-hydrogen) atoms. The lowest BCUT2D eigenvalue weighted by Crippen LogP contribution is -2.14. The fourth-order valence-electron chi connectivity index (χ4n) is 1.79. The molecule has 0 rings (SSSR count). The first-order valence-corrected chi connectivity index (χ1v) is 13.1. The summed E-state index contributed by atoms with van der Waals surface area (Å²) in [5.74, 6) is 0. The van der Waals surface area contributed by atoms with Crippen LogP contribution >= 0.6 is 15.6 Å². The van der Waals surface area contributed by atoms with Crippen molar-refractivity contribution in [1.82, 2.24) is 0 Å². The predicted molar refractivity (Wildman–Crippen MR) is 112 cm³/mol. The van der Waals surface area contributed by atoms with Gasteiger partial charge in [0.15, 0.2) is 0 Å². The van der Waals surface area contributed by atoms with Gasteiger partial charge in [0.05, 0.1) is 106 Å². The van der Waals surface area contributed by atoms with E-state index < -0.39 is 15.6 Å². The molecule has 0 heterocycles. The highest BCUT2D eigenvalue weighted by Crippen LogP contribution is 2.65. The van der Waals surface area contributed by atoms with Crippen LogP contribution in [0.2, 0.25) is 0 Å². The first-order valence-electron chi connectivity index (χ1n) is 10.2. The van der Waals surface area contributed by atoms with E-state index in [4.69, 9.17) is 61.8 Å². The molecule has 0 aromatic carbocycles. The molecule has 0 saturated carbocycles. The van der Waals surface area contributed by atoms with Crippen molar-refractivity contribution in [2.24, 2.45) is 0 Å². The molecule has 0 radical (unpaired) electrons. The highest BCUT2D eigenvalue weighted by atomic mass is 31.3. The van der Waals surface area contributed by atoms with Crippen LogP contribution in [0.5, 0.6) is 0 Å². The van der Waals surface area contributed by atoms with Crippen LogP contribution < -0.4 is 0 Å². The Balaban J connectivity index is 5.04. The summed E-state index contributed by atoms with van der Waals surface area (Å²) in [6, 6.07) is 0. The number of hydrogen-bond acceptors (Lipinski definition) is 15. The molecule has 0 atom stereocenters. The number of aliphatic hydroxyl groups excluding tert-OH is 4. The fourth-order valence-corrected chi connectivity index (χ4v) is 4.87. The Morgan fingerprint density at radius 3 is 0.848 bits per heavy atom. The second kappa shape index (κ2) is 22.4. The van der Waals surface area contributed by atoms with Crippen LogP contribution in [0.3, 0.4) is 0 Å². The number of ether oxygens (including phenoxy) is 4. The molecule has 0 aliphatic carbocycles. The summed E-state index contributed by atoms with van der Waals surface area (Å²) in [6.07, 6.45) is 0. The molecular formula is C16H36O15P2. The van der Waals surface area contributed by atoms with Gasteiger partial charge >= 0.3 is 15.6 Å². The van der Waals surface area contributed by atoms with Crippen molar-refractivity contribution >= 4 is 15.6 Å². The Morgan fingerprint density at radius 1 is 0.394 bits per heavy atom. The Labute approximate surface area is 193 Å². The number of phosphoric ester groups is 2. The molecule has 15 nitrogen and oxygen atoms in total. The molecule has 0 saturated heterocycles. The van der Waals surface area contributed by atoms with E-state index in [1.54, 1.807) is 0 Å². The van der Waals surface area contributed by atoms with Crippen molar-refractivity contribution in [1.29, 1.82) is 0 Å². The second-order valence-electron chi connectivity index (χ2n) is 5.65. The van der Waals surface area contributed by atoms with Crippen molar-refractivity contribution in [3.63, 3.8) is 0 Å². The minimum absolute atomic E-state index is 0.0246. The molecule has 200 valence electrons. The van der Waals surface area contributed by atoms with Gasteiger partial charge in [-0.2, -0.15) is 4.31 Å². The average molecular weight is 530 g/mol. The van der Waals surface area contributed by atoms with Gasteiger partial charge in [-0.25, -0.2) is 9.13 Å². The zero-order valence-electron chi connectivity index (χ0n) is 18.5. The maximum absolute atomic E-state index is 13.0. The lowest BCUT2D eigenvalue weighted by molar-refractivity contribution is 0.0275. The molecule has 0 aromatic rings. The summed E-state index contributed by atoms with van der Waals surface area (Å²) >= 11 is 0. The average Bonchev–Trinajstić information content (AvgIpc) is 2.78. The lowest BCUT2D eigenvalue weighted by atomic mass is 10.7. The van der Waals surface area contributed by atoms with E-state index in [-0.39, 0.29) is 106 Å². The highest BCUT2D eigenvalue weighted by molar-refractivity contribution is 7.62. The molecule has 0 aromatic heterocycles. The van der Waals surface area contributed by atoms with Crippen LogP contribution in [0.15, 0.2) is 0 Å². The Bertz CT molecular complexity index is 444. The molecule has 0 bridgehead atoms. The second-order valence-corrected chi connectivity index (χ2v) is 9.13. The first kappa shape index (κ1) is 32.9. The topological polar surface area (TPSA) is 198 Å². The van der Waals surface area contributed by atoms with Crippen LogP contribution in [0, 0.1) is 0 Å². The zero-order chi connectivity index (χ0) is 24.7. The molecule has 0 fully saturated rings. The van der Waals surface area contributed by atoms with E-state index in [0.29, 0.717) is 0 Å². The number of phosphoric acid groups is 2. The molecule has 4 N–H and O–H groups in total. The summed E-state index contributed by atoms with van der Waals surface area (Å²) in [5.41, 5.74) is 0. The Kier molecular flexibility index (Phi) is 22.4. The number of aliphatic hydroxyl groups is 4. The third kappa shape index (κ3) is 19.9. The van der Waals surface area contributed by atoms with Crippen LogP contribution in [0.25, 0.3) is 0 Å². The number of hydrogen-bond donors (Lipinski definition) is 4. The van der Waals surface area contributed by atoms with Gasteiger partial charge in [0.2, 0.25) is 0 Å². The highest BCUT2D eigenvalue weighted by Gasteiger charge is 2.40. The minimum atomic E-state index is -4.52. The molecule has 0 aliphatic heterocycles. The van der Waals surface area contributed by atoms with E-state index in [1.807, 2.05) is 0 Å². The monoisotopic (exact) mass is 530 g/mol. The van der Waals surface area contributed by atoms with Gasteiger partial charge < -0.3 is 39.4 Å². The normalized spacial score (nSPS) is 12.5. The van der Waals surface area contributed by atoms with Crippen molar-refractivity contribution in [2.75, 3.05) is 106 Å². The summed E-state index contributed by atoms with van der Waals surface area (Å²) in [6.45, 7) is -2.28. The zero-order valence-corrected chi connectivity index (χ0v) is 20.3. The Morgan fingerprint density at radius 2 is 0.636 bits per heavy atom. The summed E-state index contributed by atoms with van der Waals surface area (Å²) in [5, 5.41) is 34.9. The summed E-state index contributed by atoms with van der Waals surface area (Å²) in [7, 11) is -9.04. The molecule has 0 aliphatic rings. The van der Waals surface area contributed by atoms with Gasteiger partial charge in [-0.05, 0) is 0 Å². The smallest absolute Gasteiger partial charge is 0.394 e. The van der Waals surface area contributed by atoms with Crippen LogP contribution in [-0.2, 0) is 50.5 Å². The van der Waals surface area contributed by atoms with Crippen molar-refractivity contribution in [2.45, 2.75) is 0 Å². The van der Waals surface area contributed by atoms with Gasteiger partial charge in [0.1, 0.15) is 0 Å². The molecule has 0 amide bonds. The Hall–Kier alpha value is -0.0600. The fraction of sp³-hybridized carbons (Fsp3) is 1.00. The maximum atomic E-state index is 13.0. The third-order valence-electron chi connectivity index (χ3n) is 3.05.